The molecule has 2 aromatic rings. The van der Waals surface area contributed by atoms with Gasteiger partial charge in [0.05, 0.1) is 13.2 Å². The second kappa shape index (κ2) is 10.2. The van der Waals surface area contributed by atoms with Crippen molar-refractivity contribution in [1.82, 2.24) is 0 Å². The lowest BCUT2D eigenvalue weighted by molar-refractivity contribution is 0.305. The Labute approximate surface area is 178 Å². The zero-order chi connectivity index (χ0) is 21.6. The predicted octanol–water partition coefficient (Wildman–Crippen LogP) is 7.60. The van der Waals surface area contributed by atoms with Crippen LogP contribution in [0.25, 0.3) is 0 Å². The summed E-state index contributed by atoms with van der Waals surface area (Å²) in [5.74, 6) is 2.09. The van der Waals surface area contributed by atoms with Crippen LogP contribution in [0, 0.1) is 27.7 Å². The van der Waals surface area contributed by atoms with E-state index in [1.165, 1.54) is 33.4 Å². The van der Waals surface area contributed by atoms with Crippen LogP contribution in [0.15, 0.2) is 24.3 Å². The Morgan fingerprint density at radius 1 is 0.621 bits per heavy atom. The van der Waals surface area contributed by atoms with E-state index >= 15 is 0 Å². The van der Waals surface area contributed by atoms with Gasteiger partial charge in [0.25, 0.3) is 0 Å². The maximum absolute atomic E-state index is 6.07. The third kappa shape index (κ3) is 5.56. The van der Waals surface area contributed by atoms with Crippen molar-refractivity contribution < 1.29 is 9.47 Å². The van der Waals surface area contributed by atoms with Crippen LogP contribution in [-0.2, 0) is 5.41 Å². The Balaban J connectivity index is 2.34. The second-order valence-corrected chi connectivity index (χ2v) is 8.91. The van der Waals surface area contributed by atoms with Crippen LogP contribution in [0.4, 0.5) is 0 Å². The fraction of sp³-hybridized carbons (Fsp3) is 0.556. The molecule has 0 saturated carbocycles. The predicted molar refractivity (Wildman–Crippen MR) is 125 cm³/mol. The van der Waals surface area contributed by atoms with E-state index in [4.69, 9.17) is 9.47 Å². The van der Waals surface area contributed by atoms with Crippen LogP contribution in [0.1, 0.15) is 86.8 Å². The van der Waals surface area contributed by atoms with Crippen molar-refractivity contribution in [3.63, 3.8) is 0 Å². The normalized spacial score (nSPS) is 11.6. The van der Waals surface area contributed by atoms with Gasteiger partial charge in [-0.25, -0.2) is 0 Å². The van der Waals surface area contributed by atoms with Gasteiger partial charge in [0.2, 0.25) is 0 Å². The third-order valence-electron chi connectivity index (χ3n) is 5.85. The summed E-state index contributed by atoms with van der Waals surface area (Å²) in [5, 5.41) is 0. The van der Waals surface area contributed by atoms with E-state index in [1.807, 2.05) is 0 Å². The number of hydrogen-bond donors (Lipinski definition) is 0. The average molecular weight is 397 g/mol. The lowest BCUT2D eigenvalue weighted by Gasteiger charge is -2.29. The number of hydrogen-bond acceptors (Lipinski definition) is 2. The van der Waals surface area contributed by atoms with Gasteiger partial charge in [0.15, 0.2) is 0 Å². The van der Waals surface area contributed by atoms with Crippen molar-refractivity contribution in [1.29, 1.82) is 0 Å². The van der Waals surface area contributed by atoms with Crippen molar-refractivity contribution in [3.8, 4) is 11.5 Å². The fourth-order valence-corrected chi connectivity index (χ4v) is 3.88. The SMILES string of the molecule is CCCCOc1c(C)cc(C(C)(C)c2cc(C)c(OCCCC)c(C)c2)cc1C. The molecule has 0 aliphatic heterocycles. The highest BCUT2D eigenvalue weighted by Gasteiger charge is 2.26. The van der Waals surface area contributed by atoms with Crippen molar-refractivity contribution in [2.45, 2.75) is 86.5 Å². The van der Waals surface area contributed by atoms with Gasteiger partial charge in [-0.2, -0.15) is 0 Å². The molecule has 2 aromatic carbocycles. The van der Waals surface area contributed by atoms with E-state index in [2.05, 4.69) is 79.7 Å². The summed E-state index contributed by atoms with van der Waals surface area (Å²) < 4.78 is 12.1. The van der Waals surface area contributed by atoms with E-state index in [0.717, 1.165) is 50.4 Å². The highest BCUT2D eigenvalue weighted by molar-refractivity contribution is 5.52. The molecule has 2 nitrogen and oxygen atoms in total. The molecule has 160 valence electrons. The molecule has 0 atom stereocenters. The Hall–Kier alpha value is -1.96. The van der Waals surface area contributed by atoms with Crippen LogP contribution < -0.4 is 9.47 Å². The topological polar surface area (TPSA) is 18.5 Å². The Kier molecular flexibility index (Phi) is 8.19. The molecule has 0 radical (unpaired) electrons. The molecule has 0 spiro atoms. The van der Waals surface area contributed by atoms with Crippen molar-refractivity contribution >= 4 is 0 Å². The number of rotatable bonds is 10. The van der Waals surface area contributed by atoms with Gasteiger partial charge in [-0.3, -0.25) is 0 Å². The molecule has 0 heterocycles. The van der Waals surface area contributed by atoms with Crippen LogP contribution in [-0.4, -0.2) is 13.2 Å². The Morgan fingerprint density at radius 3 is 1.21 bits per heavy atom. The molecule has 0 N–H and O–H groups in total. The van der Waals surface area contributed by atoms with Crippen LogP contribution in [0.3, 0.4) is 0 Å². The van der Waals surface area contributed by atoms with Crippen LogP contribution >= 0.6 is 0 Å². The molecule has 2 rings (SSSR count). The van der Waals surface area contributed by atoms with E-state index in [-0.39, 0.29) is 5.41 Å². The summed E-state index contributed by atoms with van der Waals surface area (Å²) in [4.78, 5) is 0. The quantitative estimate of drug-likeness (QED) is 0.385. The molecule has 0 aliphatic carbocycles. The number of ether oxygens (including phenoxy) is 2. The molecular weight excluding hydrogens is 356 g/mol. The standard InChI is InChI=1S/C27H40O2/c1-9-11-13-28-25-19(3)15-23(16-20(25)4)27(7,8)24-17-21(5)26(22(6)18-24)29-14-12-10-2/h15-18H,9-14H2,1-8H3. The minimum absolute atomic E-state index is 0.0884. The van der Waals surface area contributed by atoms with Crippen LogP contribution in [0.5, 0.6) is 11.5 Å². The van der Waals surface area contributed by atoms with E-state index in [0.29, 0.717) is 0 Å². The average Bonchev–Trinajstić information content (AvgIpc) is 2.65. The zero-order valence-corrected chi connectivity index (χ0v) is 19.9. The maximum atomic E-state index is 6.07. The third-order valence-corrected chi connectivity index (χ3v) is 5.85. The Morgan fingerprint density at radius 2 is 0.931 bits per heavy atom. The molecule has 0 fully saturated rings. The van der Waals surface area contributed by atoms with E-state index < -0.39 is 0 Å². The van der Waals surface area contributed by atoms with E-state index in [9.17, 15) is 0 Å². The summed E-state index contributed by atoms with van der Waals surface area (Å²) in [6, 6.07) is 9.18. The van der Waals surface area contributed by atoms with Crippen molar-refractivity contribution in [2.75, 3.05) is 13.2 Å². The molecule has 29 heavy (non-hydrogen) atoms. The summed E-state index contributed by atoms with van der Waals surface area (Å²) in [5.41, 5.74) is 7.45. The minimum atomic E-state index is -0.0884. The monoisotopic (exact) mass is 396 g/mol. The molecule has 0 bridgehead atoms. The molecule has 0 aromatic heterocycles. The number of benzene rings is 2. The summed E-state index contributed by atoms with van der Waals surface area (Å²) in [6.45, 7) is 19.2. The molecule has 0 saturated heterocycles. The summed E-state index contributed by atoms with van der Waals surface area (Å²) >= 11 is 0. The first-order valence-electron chi connectivity index (χ1n) is 11.2. The fourth-order valence-electron chi connectivity index (χ4n) is 3.88. The van der Waals surface area contributed by atoms with Crippen molar-refractivity contribution in [2.24, 2.45) is 0 Å². The van der Waals surface area contributed by atoms with Gasteiger partial charge in [0.1, 0.15) is 11.5 Å². The smallest absolute Gasteiger partial charge is 0.125 e. The highest BCUT2D eigenvalue weighted by Crippen LogP contribution is 2.38. The molecule has 0 unspecified atom stereocenters. The Bertz CT molecular complexity index is 704. The largest absolute Gasteiger partial charge is 0.493 e. The lowest BCUT2D eigenvalue weighted by Crippen LogP contribution is -2.20. The zero-order valence-electron chi connectivity index (χ0n) is 19.9. The lowest BCUT2D eigenvalue weighted by atomic mass is 9.76. The molecule has 2 heteroatoms. The summed E-state index contributed by atoms with van der Waals surface area (Å²) in [7, 11) is 0. The second-order valence-electron chi connectivity index (χ2n) is 8.91. The van der Waals surface area contributed by atoms with Gasteiger partial charge in [-0.05, 0) is 73.9 Å². The van der Waals surface area contributed by atoms with Gasteiger partial charge in [-0.15, -0.1) is 0 Å². The first-order chi connectivity index (χ1) is 13.7. The maximum Gasteiger partial charge on any atom is 0.125 e. The number of unbranched alkanes of at least 4 members (excludes halogenated alkanes) is 2. The summed E-state index contributed by atoms with van der Waals surface area (Å²) in [6.07, 6.45) is 4.49. The highest BCUT2D eigenvalue weighted by atomic mass is 16.5. The van der Waals surface area contributed by atoms with Crippen LogP contribution in [0.2, 0.25) is 0 Å². The van der Waals surface area contributed by atoms with E-state index in [1.54, 1.807) is 0 Å². The first kappa shape index (κ1) is 23.3. The van der Waals surface area contributed by atoms with Gasteiger partial charge < -0.3 is 9.47 Å². The minimum Gasteiger partial charge on any atom is -0.493 e. The van der Waals surface area contributed by atoms with Gasteiger partial charge >= 0.3 is 0 Å². The number of aryl methyl sites for hydroxylation is 4. The van der Waals surface area contributed by atoms with Crippen molar-refractivity contribution in [3.05, 3.63) is 57.6 Å². The molecule has 0 amide bonds. The first-order valence-corrected chi connectivity index (χ1v) is 11.2. The molecular formula is C27H40O2. The van der Waals surface area contributed by atoms with Gasteiger partial charge in [-0.1, -0.05) is 64.8 Å². The van der Waals surface area contributed by atoms with Gasteiger partial charge in [0, 0.05) is 5.41 Å². The molecule has 0 aliphatic rings.